The minimum Gasteiger partial charge on any atom is -0.472 e. The van der Waals surface area contributed by atoms with Gasteiger partial charge in [-0.1, -0.05) is 0 Å². The quantitative estimate of drug-likeness (QED) is 0.712. The van der Waals surface area contributed by atoms with Gasteiger partial charge in [-0.25, -0.2) is 0 Å². The van der Waals surface area contributed by atoms with Crippen molar-refractivity contribution in [1.82, 2.24) is 0 Å². The van der Waals surface area contributed by atoms with E-state index in [1.165, 1.54) is 18.4 Å². The summed E-state index contributed by atoms with van der Waals surface area (Å²) < 4.78 is 4.99. The van der Waals surface area contributed by atoms with Crippen LogP contribution in [0.2, 0.25) is 0 Å². The monoisotopic (exact) mass is 151 g/mol. The van der Waals surface area contributed by atoms with Crippen LogP contribution in [-0.2, 0) is 6.42 Å². The van der Waals surface area contributed by atoms with Gasteiger partial charge in [-0.2, -0.15) is 0 Å². The molecule has 0 bridgehead atoms. The molecular formula is C9H13NO. The third kappa shape index (κ3) is 1.31. The Morgan fingerprint density at radius 2 is 2.36 bits per heavy atom. The zero-order chi connectivity index (χ0) is 7.73. The molecule has 1 saturated carbocycles. The van der Waals surface area contributed by atoms with Crippen LogP contribution in [0.1, 0.15) is 18.4 Å². The van der Waals surface area contributed by atoms with Crippen LogP contribution in [0.4, 0.5) is 0 Å². The molecule has 1 aliphatic carbocycles. The molecule has 0 spiro atoms. The summed E-state index contributed by atoms with van der Waals surface area (Å²) in [5, 5.41) is 0. The highest BCUT2D eigenvalue weighted by Crippen LogP contribution is 2.47. The molecule has 1 aromatic rings. The maximum Gasteiger partial charge on any atom is 0.0934 e. The Morgan fingerprint density at radius 3 is 2.82 bits per heavy atom. The second kappa shape index (κ2) is 2.38. The van der Waals surface area contributed by atoms with Crippen LogP contribution in [-0.4, -0.2) is 6.54 Å². The maximum absolute atomic E-state index is 5.65. The zero-order valence-corrected chi connectivity index (χ0v) is 6.55. The lowest BCUT2D eigenvalue weighted by molar-refractivity contribution is 0.510. The van der Waals surface area contributed by atoms with Gasteiger partial charge in [-0.3, -0.25) is 0 Å². The lowest BCUT2D eigenvalue weighted by Gasteiger charge is -2.08. The Hall–Kier alpha value is -0.760. The fourth-order valence-electron chi connectivity index (χ4n) is 1.46. The summed E-state index contributed by atoms with van der Waals surface area (Å²) in [6.07, 6.45) is 7.21. The Balaban J connectivity index is 2.01. The average molecular weight is 151 g/mol. The SMILES string of the molecule is NCC1(Cc2ccoc2)CC1. The van der Waals surface area contributed by atoms with Gasteiger partial charge in [0.15, 0.2) is 0 Å². The first-order valence-electron chi connectivity index (χ1n) is 4.06. The number of rotatable bonds is 3. The van der Waals surface area contributed by atoms with E-state index in [1.54, 1.807) is 6.26 Å². The molecule has 1 aromatic heterocycles. The molecule has 1 aliphatic rings. The Labute approximate surface area is 66.4 Å². The van der Waals surface area contributed by atoms with E-state index in [4.69, 9.17) is 10.2 Å². The van der Waals surface area contributed by atoms with Crippen molar-refractivity contribution in [2.75, 3.05) is 6.54 Å². The predicted molar refractivity (Wildman–Crippen MR) is 43.1 cm³/mol. The van der Waals surface area contributed by atoms with E-state index in [0.29, 0.717) is 5.41 Å². The molecule has 0 aromatic carbocycles. The van der Waals surface area contributed by atoms with Crippen molar-refractivity contribution < 1.29 is 4.42 Å². The van der Waals surface area contributed by atoms with Crippen molar-refractivity contribution in [2.24, 2.45) is 11.1 Å². The van der Waals surface area contributed by atoms with Gasteiger partial charge in [0.05, 0.1) is 12.5 Å². The van der Waals surface area contributed by atoms with E-state index in [2.05, 4.69) is 0 Å². The summed E-state index contributed by atoms with van der Waals surface area (Å²) in [5.41, 5.74) is 7.37. The molecule has 2 heteroatoms. The third-order valence-electron chi connectivity index (χ3n) is 2.55. The second-order valence-electron chi connectivity index (χ2n) is 3.51. The highest BCUT2D eigenvalue weighted by molar-refractivity contribution is 5.12. The minimum absolute atomic E-state index is 0.434. The van der Waals surface area contributed by atoms with Gasteiger partial charge in [-0.15, -0.1) is 0 Å². The molecule has 1 heterocycles. The summed E-state index contributed by atoms with van der Waals surface area (Å²) >= 11 is 0. The van der Waals surface area contributed by atoms with Crippen LogP contribution in [0.3, 0.4) is 0 Å². The third-order valence-corrected chi connectivity index (χ3v) is 2.55. The first-order chi connectivity index (χ1) is 5.35. The topological polar surface area (TPSA) is 39.2 Å². The van der Waals surface area contributed by atoms with Gasteiger partial charge in [0.1, 0.15) is 0 Å². The Morgan fingerprint density at radius 1 is 1.55 bits per heavy atom. The summed E-state index contributed by atoms with van der Waals surface area (Å²) in [4.78, 5) is 0. The minimum atomic E-state index is 0.434. The number of hydrogen-bond acceptors (Lipinski definition) is 2. The molecule has 0 unspecified atom stereocenters. The number of nitrogens with two attached hydrogens (primary N) is 1. The first kappa shape index (κ1) is 6.92. The molecule has 2 rings (SSSR count). The summed E-state index contributed by atoms with van der Waals surface area (Å²) in [6.45, 7) is 0.818. The van der Waals surface area contributed by atoms with Crippen molar-refractivity contribution in [1.29, 1.82) is 0 Å². The van der Waals surface area contributed by atoms with Crippen molar-refractivity contribution in [3.8, 4) is 0 Å². The summed E-state index contributed by atoms with van der Waals surface area (Å²) in [6, 6.07) is 2.02. The van der Waals surface area contributed by atoms with E-state index >= 15 is 0 Å². The lowest BCUT2D eigenvalue weighted by Crippen LogP contribution is -2.17. The fraction of sp³-hybridized carbons (Fsp3) is 0.556. The van der Waals surface area contributed by atoms with Crippen molar-refractivity contribution in [2.45, 2.75) is 19.3 Å². The van der Waals surface area contributed by atoms with Crippen LogP contribution in [0.15, 0.2) is 23.0 Å². The van der Waals surface area contributed by atoms with E-state index in [0.717, 1.165) is 13.0 Å². The first-order valence-corrected chi connectivity index (χ1v) is 4.06. The van der Waals surface area contributed by atoms with Crippen LogP contribution >= 0.6 is 0 Å². The van der Waals surface area contributed by atoms with E-state index in [9.17, 15) is 0 Å². The van der Waals surface area contributed by atoms with Crippen LogP contribution in [0, 0.1) is 5.41 Å². The smallest absolute Gasteiger partial charge is 0.0934 e. The Kier molecular flexibility index (Phi) is 1.50. The van der Waals surface area contributed by atoms with Gasteiger partial charge >= 0.3 is 0 Å². The highest BCUT2D eigenvalue weighted by Gasteiger charge is 2.41. The van der Waals surface area contributed by atoms with Crippen molar-refractivity contribution in [3.05, 3.63) is 24.2 Å². The second-order valence-corrected chi connectivity index (χ2v) is 3.51. The molecule has 1 fully saturated rings. The standard InChI is InChI=1S/C9H13NO/c10-7-9(2-3-9)5-8-1-4-11-6-8/h1,4,6H,2-3,5,7,10H2. The molecule has 0 aliphatic heterocycles. The largest absolute Gasteiger partial charge is 0.472 e. The molecule has 0 saturated heterocycles. The molecule has 2 N–H and O–H groups in total. The van der Waals surface area contributed by atoms with Gasteiger partial charge in [-0.05, 0) is 42.9 Å². The number of furan rings is 1. The van der Waals surface area contributed by atoms with Crippen molar-refractivity contribution >= 4 is 0 Å². The van der Waals surface area contributed by atoms with Gasteiger partial charge in [0.25, 0.3) is 0 Å². The lowest BCUT2D eigenvalue weighted by atomic mass is 9.99. The van der Waals surface area contributed by atoms with Gasteiger partial charge in [0.2, 0.25) is 0 Å². The predicted octanol–water partition coefficient (Wildman–Crippen LogP) is 1.56. The molecule has 2 nitrogen and oxygen atoms in total. The summed E-state index contributed by atoms with van der Waals surface area (Å²) in [7, 11) is 0. The highest BCUT2D eigenvalue weighted by atomic mass is 16.3. The van der Waals surface area contributed by atoms with E-state index in [-0.39, 0.29) is 0 Å². The van der Waals surface area contributed by atoms with E-state index < -0.39 is 0 Å². The van der Waals surface area contributed by atoms with Crippen LogP contribution < -0.4 is 5.73 Å². The summed E-state index contributed by atoms with van der Waals surface area (Å²) in [5.74, 6) is 0. The average Bonchev–Trinajstić information content (AvgIpc) is 2.59. The normalized spacial score (nSPS) is 20.1. The van der Waals surface area contributed by atoms with Crippen molar-refractivity contribution in [3.63, 3.8) is 0 Å². The molecular weight excluding hydrogens is 138 g/mol. The van der Waals surface area contributed by atoms with Gasteiger partial charge < -0.3 is 10.2 Å². The fourth-order valence-corrected chi connectivity index (χ4v) is 1.46. The van der Waals surface area contributed by atoms with Crippen LogP contribution in [0.5, 0.6) is 0 Å². The zero-order valence-electron chi connectivity index (χ0n) is 6.55. The number of hydrogen-bond donors (Lipinski definition) is 1. The molecule has 0 amide bonds. The molecule has 0 atom stereocenters. The Bertz CT molecular complexity index is 224. The van der Waals surface area contributed by atoms with Gasteiger partial charge in [0, 0.05) is 0 Å². The van der Waals surface area contributed by atoms with Crippen LogP contribution in [0.25, 0.3) is 0 Å². The maximum atomic E-state index is 5.65. The molecule has 11 heavy (non-hydrogen) atoms. The molecule has 60 valence electrons. The molecule has 0 radical (unpaired) electrons. The van der Waals surface area contributed by atoms with E-state index in [1.807, 2.05) is 12.3 Å².